The van der Waals surface area contributed by atoms with E-state index in [1.807, 2.05) is 37.8 Å². The Morgan fingerprint density at radius 3 is 2.48 bits per heavy atom. The number of carbonyl (C=O) groups excluding carboxylic acids is 1. The molecule has 4 rings (SSSR count). The van der Waals surface area contributed by atoms with Gasteiger partial charge in [0.15, 0.2) is 5.15 Å². The van der Waals surface area contributed by atoms with Crippen molar-refractivity contribution in [2.24, 2.45) is 7.05 Å². The number of hydrogen-bond acceptors (Lipinski definition) is 7. The van der Waals surface area contributed by atoms with Crippen LogP contribution in [-0.2, 0) is 11.8 Å². The van der Waals surface area contributed by atoms with Crippen LogP contribution in [0.25, 0.3) is 0 Å². The smallest absolute Gasteiger partial charge is 0.410 e. The summed E-state index contributed by atoms with van der Waals surface area (Å²) in [6, 6.07) is 5.77. The van der Waals surface area contributed by atoms with E-state index >= 15 is 0 Å². The van der Waals surface area contributed by atoms with E-state index in [4.69, 9.17) is 16.3 Å². The van der Waals surface area contributed by atoms with E-state index in [1.54, 1.807) is 13.2 Å². The molecule has 2 bridgehead atoms. The number of ether oxygens (including phenoxy) is 1. The Morgan fingerprint density at radius 2 is 1.90 bits per heavy atom. The van der Waals surface area contributed by atoms with Crippen molar-refractivity contribution >= 4 is 34.9 Å². The molecule has 1 amide bonds. The highest BCUT2D eigenvalue weighted by atomic mass is 35.5. The standard InChI is InChI=1S/C21H27ClN6O3/c1-21(2,3)31-20(30)27-11-14-5-6-15(12-27)28(14)13-7-8-18(23-10-13)24-16-9-17(22)25-26(4)19(16)29/h7-10,14-15H,5-6,11-12H2,1-4H3,(H,23,24). The number of aryl methyl sites for hydroxylation is 1. The van der Waals surface area contributed by atoms with Gasteiger partial charge in [-0.15, -0.1) is 0 Å². The number of amides is 1. The second-order valence-electron chi connectivity index (χ2n) is 9.01. The lowest BCUT2D eigenvalue weighted by Gasteiger charge is -2.42. The maximum atomic E-state index is 12.5. The average Bonchev–Trinajstić information content (AvgIpc) is 2.94. The summed E-state index contributed by atoms with van der Waals surface area (Å²) in [7, 11) is 1.54. The number of hydrogen-bond donors (Lipinski definition) is 1. The second kappa shape index (κ2) is 8.03. The van der Waals surface area contributed by atoms with Crippen molar-refractivity contribution in [3.63, 3.8) is 0 Å². The monoisotopic (exact) mass is 446 g/mol. The van der Waals surface area contributed by atoms with Crippen molar-refractivity contribution in [3.05, 3.63) is 39.9 Å². The molecule has 2 aromatic rings. The van der Waals surface area contributed by atoms with Crippen LogP contribution < -0.4 is 15.8 Å². The number of nitrogens with one attached hydrogen (secondary N) is 1. The Balaban J connectivity index is 1.46. The molecule has 2 fully saturated rings. The molecule has 166 valence electrons. The van der Waals surface area contributed by atoms with Gasteiger partial charge in [0, 0.05) is 38.3 Å². The molecule has 2 atom stereocenters. The summed E-state index contributed by atoms with van der Waals surface area (Å²) in [5.41, 5.74) is 0.531. The minimum absolute atomic E-state index is 0.223. The van der Waals surface area contributed by atoms with Crippen LogP contribution in [0.3, 0.4) is 0 Å². The van der Waals surface area contributed by atoms with E-state index in [0.717, 1.165) is 18.5 Å². The summed E-state index contributed by atoms with van der Waals surface area (Å²) in [6.45, 7) is 6.92. The third-order valence-corrected chi connectivity index (χ3v) is 5.66. The van der Waals surface area contributed by atoms with Crippen molar-refractivity contribution in [2.75, 3.05) is 23.3 Å². The molecular weight excluding hydrogens is 420 g/mol. The van der Waals surface area contributed by atoms with Gasteiger partial charge in [0.1, 0.15) is 17.1 Å². The van der Waals surface area contributed by atoms with Crippen LogP contribution in [0.5, 0.6) is 0 Å². The van der Waals surface area contributed by atoms with Crippen molar-refractivity contribution in [3.8, 4) is 0 Å². The van der Waals surface area contributed by atoms with Gasteiger partial charge in [-0.25, -0.2) is 14.5 Å². The Labute approximate surface area is 186 Å². The van der Waals surface area contributed by atoms with Gasteiger partial charge in [-0.1, -0.05) is 11.6 Å². The number of likely N-dealkylation sites (tertiary alicyclic amines) is 1. The van der Waals surface area contributed by atoms with Crippen molar-refractivity contribution in [1.29, 1.82) is 0 Å². The molecule has 1 N–H and O–H groups in total. The minimum atomic E-state index is -0.500. The van der Waals surface area contributed by atoms with E-state index in [-0.39, 0.29) is 28.9 Å². The van der Waals surface area contributed by atoms with Gasteiger partial charge < -0.3 is 19.9 Å². The molecule has 9 nitrogen and oxygen atoms in total. The average molecular weight is 447 g/mol. The molecule has 0 aromatic carbocycles. The van der Waals surface area contributed by atoms with Gasteiger partial charge in [-0.05, 0) is 45.7 Å². The molecule has 31 heavy (non-hydrogen) atoms. The number of aromatic nitrogens is 3. The van der Waals surface area contributed by atoms with Crippen molar-refractivity contribution in [1.82, 2.24) is 19.7 Å². The van der Waals surface area contributed by atoms with Crippen LogP contribution in [0.4, 0.5) is 22.0 Å². The molecule has 0 radical (unpaired) electrons. The minimum Gasteiger partial charge on any atom is -0.444 e. The molecule has 2 aliphatic heterocycles. The lowest BCUT2D eigenvalue weighted by Crippen LogP contribution is -2.56. The Kier molecular flexibility index (Phi) is 5.55. The molecule has 2 aromatic heterocycles. The number of pyridine rings is 1. The first-order valence-electron chi connectivity index (χ1n) is 10.3. The molecule has 10 heteroatoms. The number of fused-ring (bicyclic) bond motifs is 2. The van der Waals surface area contributed by atoms with Crippen LogP contribution >= 0.6 is 11.6 Å². The summed E-state index contributed by atoms with van der Waals surface area (Å²) in [5, 5.41) is 7.11. The highest BCUT2D eigenvalue weighted by Gasteiger charge is 2.42. The lowest BCUT2D eigenvalue weighted by molar-refractivity contribution is 0.0209. The first kappa shape index (κ1) is 21.4. The quantitative estimate of drug-likeness (QED) is 0.774. The van der Waals surface area contributed by atoms with Gasteiger partial charge in [-0.3, -0.25) is 4.79 Å². The van der Waals surface area contributed by atoms with E-state index in [9.17, 15) is 9.59 Å². The van der Waals surface area contributed by atoms with E-state index in [1.165, 1.54) is 10.7 Å². The number of piperazine rings is 1. The third kappa shape index (κ3) is 4.61. The predicted octanol–water partition coefficient (Wildman–Crippen LogP) is 3.16. The Hall–Kier alpha value is -2.81. The molecule has 0 saturated carbocycles. The van der Waals surface area contributed by atoms with Crippen molar-refractivity contribution in [2.45, 2.75) is 51.3 Å². The SMILES string of the molecule is Cn1nc(Cl)cc(Nc2ccc(N3C4CCC3CN(C(=O)OC(C)(C)C)C4)cn2)c1=O. The predicted molar refractivity (Wildman–Crippen MR) is 119 cm³/mol. The molecule has 2 saturated heterocycles. The van der Waals surface area contributed by atoms with Crippen LogP contribution in [-0.4, -0.2) is 56.5 Å². The van der Waals surface area contributed by atoms with Crippen LogP contribution in [0.2, 0.25) is 5.15 Å². The molecule has 0 spiro atoms. The van der Waals surface area contributed by atoms with Crippen LogP contribution in [0.15, 0.2) is 29.2 Å². The first-order chi connectivity index (χ1) is 14.6. The van der Waals surface area contributed by atoms with E-state index < -0.39 is 5.60 Å². The van der Waals surface area contributed by atoms with Gasteiger partial charge >= 0.3 is 6.09 Å². The first-order valence-corrected chi connectivity index (χ1v) is 10.7. The molecular formula is C21H27ClN6O3. The lowest BCUT2D eigenvalue weighted by atomic mass is 10.1. The van der Waals surface area contributed by atoms with Crippen LogP contribution in [0.1, 0.15) is 33.6 Å². The fourth-order valence-corrected chi connectivity index (χ4v) is 4.44. The highest BCUT2D eigenvalue weighted by molar-refractivity contribution is 6.29. The molecule has 2 unspecified atom stereocenters. The summed E-state index contributed by atoms with van der Waals surface area (Å²) >= 11 is 5.95. The number of rotatable bonds is 3. The van der Waals surface area contributed by atoms with Gasteiger partial charge in [0.05, 0.1) is 11.9 Å². The van der Waals surface area contributed by atoms with Crippen molar-refractivity contribution < 1.29 is 9.53 Å². The highest BCUT2D eigenvalue weighted by Crippen LogP contribution is 2.35. The Morgan fingerprint density at radius 1 is 1.23 bits per heavy atom. The summed E-state index contributed by atoms with van der Waals surface area (Å²) < 4.78 is 6.73. The normalized spacial score (nSPS) is 20.7. The van der Waals surface area contributed by atoms with E-state index in [2.05, 4.69) is 20.3 Å². The van der Waals surface area contributed by atoms with Gasteiger partial charge in [0.25, 0.3) is 5.56 Å². The summed E-state index contributed by atoms with van der Waals surface area (Å²) in [5.74, 6) is 0.544. The molecule has 2 aliphatic rings. The number of nitrogens with zero attached hydrogens (tertiary/aromatic N) is 5. The Bertz CT molecular complexity index is 1020. The van der Waals surface area contributed by atoms with Gasteiger partial charge in [-0.2, -0.15) is 5.10 Å². The van der Waals surface area contributed by atoms with Gasteiger partial charge in [0.2, 0.25) is 0 Å². The van der Waals surface area contributed by atoms with Crippen LogP contribution in [0, 0.1) is 0 Å². The largest absolute Gasteiger partial charge is 0.444 e. The zero-order chi connectivity index (χ0) is 22.3. The topological polar surface area (TPSA) is 92.6 Å². The number of halogens is 1. The van der Waals surface area contributed by atoms with E-state index in [0.29, 0.717) is 24.6 Å². The zero-order valence-corrected chi connectivity index (χ0v) is 18.9. The molecule has 4 heterocycles. The zero-order valence-electron chi connectivity index (χ0n) is 18.1. The summed E-state index contributed by atoms with van der Waals surface area (Å²) in [6.07, 6.45) is 3.59. The third-order valence-electron chi connectivity index (χ3n) is 5.48. The fraction of sp³-hybridized carbons (Fsp3) is 0.524. The fourth-order valence-electron chi connectivity index (χ4n) is 4.21. The maximum Gasteiger partial charge on any atom is 0.410 e. The number of anilines is 3. The summed E-state index contributed by atoms with van der Waals surface area (Å²) in [4.78, 5) is 33.3. The molecule has 0 aliphatic carbocycles. The maximum absolute atomic E-state index is 12.5. The second-order valence-corrected chi connectivity index (χ2v) is 9.40. The number of carbonyl (C=O) groups is 1.